The summed E-state index contributed by atoms with van der Waals surface area (Å²) in [5.41, 5.74) is 0.799. The third-order valence-corrected chi connectivity index (χ3v) is 5.99. The lowest BCUT2D eigenvalue weighted by Crippen LogP contribution is -2.32. The van der Waals surface area contributed by atoms with Crippen LogP contribution in [0.25, 0.3) is 6.08 Å². The number of carbonyl (C=O) groups excluding carboxylic acids is 2. The van der Waals surface area contributed by atoms with E-state index in [-0.39, 0.29) is 36.2 Å². The molecule has 0 fully saturated rings. The van der Waals surface area contributed by atoms with Gasteiger partial charge in [0.15, 0.2) is 5.17 Å². The molecule has 3 rings (SSSR count). The van der Waals surface area contributed by atoms with Crippen molar-refractivity contribution in [3.63, 3.8) is 0 Å². The Hall–Kier alpha value is -2.80. The van der Waals surface area contributed by atoms with Gasteiger partial charge in [-0.25, -0.2) is 4.99 Å². The Labute approximate surface area is 187 Å². The Morgan fingerprint density at radius 1 is 1.47 bits per heavy atom. The van der Waals surface area contributed by atoms with Crippen LogP contribution in [0, 0.1) is 11.3 Å². The molecule has 0 bridgehead atoms. The van der Waals surface area contributed by atoms with Gasteiger partial charge in [0.2, 0.25) is 5.91 Å². The minimum Gasteiger partial charge on any atom is -0.495 e. The molecule has 30 heavy (non-hydrogen) atoms. The zero-order valence-corrected chi connectivity index (χ0v) is 18.3. The molecule has 1 N–H and O–H groups in total. The van der Waals surface area contributed by atoms with Crippen molar-refractivity contribution in [2.45, 2.75) is 6.42 Å². The molecule has 0 radical (unpaired) electrons. The minimum atomic E-state index is -0.308. The first-order valence-electron chi connectivity index (χ1n) is 8.82. The number of ether oxygens (including phenoxy) is 1. The molecular weight excluding hydrogens is 444 g/mol. The number of halogens is 1. The van der Waals surface area contributed by atoms with Gasteiger partial charge in [0.1, 0.15) is 11.4 Å². The summed E-state index contributed by atoms with van der Waals surface area (Å²) >= 11 is 8.87. The first-order chi connectivity index (χ1) is 14.5. The number of amides is 2. The van der Waals surface area contributed by atoms with Crippen LogP contribution in [0.3, 0.4) is 0 Å². The second kappa shape index (κ2) is 10.3. The number of thiophene rings is 1. The molecule has 0 saturated carbocycles. The Morgan fingerprint density at radius 2 is 2.30 bits per heavy atom. The molecule has 0 unspecified atom stereocenters. The highest BCUT2D eigenvalue weighted by atomic mass is 35.5. The van der Waals surface area contributed by atoms with E-state index in [4.69, 9.17) is 21.6 Å². The molecule has 0 spiro atoms. The van der Waals surface area contributed by atoms with E-state index in [1.54, 1.807) is 24.3 Å². The van der Waals surface area contributed by atoms with Gasteiger partial charge < -0.3 is 10.1 Å². The molecule has 1 aliphatic heterocycles. The molecule has 1 aliphatic rings. The van der Waals surface area contributed by atoms with Crippen LogP contribution in [0.2, 0.25) is 5.02 Å². The van der Waals surface area contributed by atoms with Gasteiger partial charge in [0.25, 0.3) is 5.91 Å². The quantitative estimate of drug-likeness (QED) is 0.499. The highest BCUT2D eigenvalue weighted by Gasteiger charge is 2.32. The molecule has 0 aliphatic carbocycles. The van der Waals surface area contributed by atoms with Crippen molar-refractivity contribution < 1.29 is 14.3 Å². The monoisotopic (exact) mass is 460 g/mol. The zero-order chi connectivity index (χ0) is 21.5. The summed E-state index contributed by atoms with van der Waals surface area (Å²) < 4.78 is 5.18. The molecule has 2 aromatic rings. The fraction of sp³-hybridized carbons (Fsp3) is 0.200. The van der Waals surface area contributed by atoms with Gasteiger partial charge in [0, 0.05) is 11.4 Å². The summed E-state index contributed by atoms with van der Waals surface area (Å²) in [6.07, 6.45) is 1.95. The second-order valence-electron chi connectivity index (χ2n) is 5.95. The number of rotatable bonds is 7. The first-order valence-corrected chi connectivity index (χ1v) is 11.1. The maximum absolute atomic E-state index is 13.1. The van der Waals surface area contributed by atoms with Gasteiger partial charge in [-0.1, -0.05) is 29.4 Å². The zero-order valence-electron chi connectivity index (χ0n) is 15.9. The van der Waals surface area contributed by atoms with Gasteiger partial charge in [-0.3, -0.25) is 14.5 Å². The molecule has 10 heteroatoms. The topological polar surface area (TPSA) is 94.8 Å². The molecule has 7 nitrogen and oxygen atoms in total. The molecule has 1 aromatic carbocycles. The fourth-order valence-electron chi connectivity index (χ4n) is 2.56. The van der Waals surface area contributed by atoms with Crippen molar-refractivity contribution >= 4 is 63.4 Å². The summed E-state index contributed by atoms with van der Waals surface area (Å²) in [6.45, 7) is 0.280. The number of methoxy groups -OCH3 is 1. The third-order valence-electron chi connectivity index (χ3n) is 3.94. The first kappa shape index (κ1) is 21.9. The van der Waals surface area contributed by atoms with Gasteiger partial charge in [-0.05, 0) is 35.7 Å². The molecule has 1 aromatic heterocycles. The Balaban J connectivity index is 1.85. The van der Waals surface area contributed by atoms with Crippen LogP contribution in [0.15, 0.2) is 46.4 Å². The highest BCUT2D eigenvalue weighted by Crippen LogP contribution is 2.34. The molecule has 2 heterocycles. The number of carbonyl (C=O) groups is 2. The Morgan fingerprint density at radius 3 is 2.97 bits per heavy atom. The fourth-order valence-corrected chi connectivity index (χ4v) is 4.31. The number of amidine groups is 1. The van der Waals surface area contributed by atoms with Gasteiger partial charge >= 0.3 is 0 Å². The normalized spacial score (nSPS) is 14.6. The number of benzene rings is 1. The Bertz CT molecular complexity index is 1040. The standard InChI is InChI=1S/C20H17ClN4O3S2/c1-28-17-6-5-13(10-15(17)21)25-19(27)16(11-14-4-2-9-29-14)24-20(25)30-12-18(26)23-8-3-7-22/h2,4-6,9-11H,3,8,12H2,1H3,(H,23,26)/b16-11+. The summed E-state index contributed by atoms with van der Waals surface area (Å²) in [4.78, 5) is 31.9. The smallest absolute Gasteiger partial charge is 0.283 e. The van der Waals surface area contributed by atoms with Crippen molar-refractivity contribution in [3.05, 3.63) is 51.3 Å². The number of thioether (sulfide) groups is 1. The average Bonchev–Trinajstić information content (AvgIpc) is 3.35. The lowest BCUT2D eigenvalue weighted by atomic mass is 10.2. The number of hydrogen-bond acceptors (Lipinski definition) is 7. The number of anilines is 1. The number of nitriles is 1. The molecule has 0 atom stereocenters. The number of nitrogens with one attached hydrogen (secondary N) is 1. The summed E-state index contributed by atoms with van der Waals surface area (Å²) in [5, 5.41) is 13.9. The van der Waals surface area contributed by atoms with E-state index in [1.165, 1.54) is 23.3 Å². The van der Waals surface area contributed by atoms with Gasteiger partial charge in [-0.15, -0.1) is 11.3 Å². The van der Waals surface area contributed by atoms with E-state index in [9.17, 15) is 9.59 Å². The van der Waals surface area contributed by atoms with Gasteiger partial charge in [-0.2, -0.15) is 5.26 Å². The summed E-state index contributed by atoms with van der Waals surface area (Å²) in [6, 6.07) is 10.7. The van der Waals surface area contributed by atoms with Crippen LogP contribution in [0.5, 0.6) is 5.75 Å². The van der Waals surface area contributed by atoms with Crippen molar-refractivity contribution in [2.75, 3.05) is 24.3 Å². The van der Waals surface area contributed by atoms with Crippen LogP contribution in [-0.4, -0.2) is 36.4 Å². The van der Waals surface area contributed by atoms with E-state index in [1.807, 2.05) is 23.6 Å². The molecule has 154 valence electrons. The number of hydrogen-bond donors (Lipinski definition) is 1. The molecule has 2 amide bonds. The predicted octanol–water partition coefficient (Wildman–Crippen LogP) is 3.92. The predicted molar refractivity (Wildman–Crippen MR) is 121 cm³/mol. The number of aliphatic imine (C=N–C) groups is 1. The lowest BCUT2D eigenvalue weighted by Gasteiger charge is -2.18. The largest absolute Gasteiger partial charge is 0.495 e. The van der Waals surface area contributed by atoms with Crippen molar-refractivity contribution in [1.82, 2.24) is 5.32 Å². The lowest BCUT2D eigenvalue weighted by molar-refractivity contribution is -0.118. The average molecular weight is 461 g/mol. The van der Waals surface area contributed by atoms with Crippen LogP contribution < -0.4 is 15.0 Å². The summed E-state index contributed by atoms with van der Waals surface area (Å²) in [5.74, 6) is -0.000224. The van der Waals surface area contributed by atoms with Crippen molar-refractivity contribution in [3.8, 4) is 11.8 Å². The highest BCUT2D eigenvalue weighted by molar-refractivity contribution is 8.14. The minimum absolute atomic E-state index is 0.0597. The SMILES string of the molecule is COc1ccc(N2C(=O)/C(=C\c3cccs3)N=C2SCC(=O)NCCC#N)cc1Cl. The van der Waals surface area contributed by atoms with Crippen LogP contribution >= 0.6 is 34.7 Å². The van der Waals surface area contributed by atoms with E-state index in [0.717, 1.165) is 16.6 Å². The van der Waals surface area contributed by atoms with Crippen LogP contribution in [0.1, 0.15) is 11.3 Å². The second-order valence-corrected chi connectivity index (χ2v) is 8.27. The van der Waals surface area contributed by atoms with E-state index >= 15 is 0 Å². The van der Waals surface area contributed by atoms with E-state index < -0.39 is 0 Å². The maximum Gasteiger partial charge on any atom is 0.283 e. The third kappa shape index (κ3) is 5.21. The molecular formula is C20H17ClN4O3S2. The van der Waals surface area contributed by atoms with Crippen LogP contribution in [0.4, 0.5) is 5.69 Å². The van der Waals surface area contributed by atoms with Crippen LogP contribution in [-0.2, 0) is 9.59 Å². The van der Waals surface area contributed by atoms with E-state index in [0.29, 0.717) is 21.6 Å². The van der Waals surface area contributed by atoms with Crippen molar-refractivity contribution in [1.29, 1.82) is 5.26 Å². The van der Waals surface area contributed by atoms with E-state index in [2.05, 4.69) is 10.3 Å². The number of nitrogens with zero attached hydrogens (tertiary/aromatic N) is 3. The van der Waals surface area contributed by atoms with Gasteiger partial charge in [0.05, 0.1) is 36.1 Å². The van der Waals surface area contributed by atoms with Crippen molar-refractivity contribution in [2.24, 2.45) is 4.99 Å². The Kier molecular flexibility index (Phi) is 7.52. The summed E-state index contributed by atoms with van der Waals surface area (Å²) in [7, 11) is 1.51. The maximum atomic E-state index is 13.1. The molecule has 0 saturated heterocycles.